The third-order valence-electron chi connectivity index (χ3n) is 4.85. The largest absolute Gasteiger partial charge is 0.299 e. The van der Waals surface area contributed by atoms with Crippen LogP contribution in [0.15, 0.2) is 65.8 Å². The molecule has 3 aromatic rings. The second-order valence-electron chi connectivity index (χ2n) is 6.61. The summed E-state index contributed by atoms with van der Waals surface area (Å²) >= 11 is 1.80. The summed E-state index contributed by atoms with van der Waals surface area (Å²) in [4.78, 5) is 0. The average Bonchev–Trinajstić information content (AvgIpc) is 3.12. The summed E-state index contributed by atoms with van der Waals surface area (Å²) < 4.78 is 2.40. The van der Waals surface area contributed by atoms with Crippen LogP contribution in [-0.2, 0) is 5.75 Å². The molecule has 0 unspecified atom stereocenters. The molecule has 3 nitrogen and oxygen atoms in total. The van der Waals surface area contributed by atoms with Crippen LogP contribution >= 0.6 is 11.8 Å². The van der Waals surface area contributed by atoms with Crippen LogP contribution in [0.25, 0.3) is 11.4 Å². The van der Waals surface area contributed by atoms with Gasteiger partial charge in [-0.25, -0.2) is 0 Å². The minimum atomic E-state index is 0.525. The fourth-order valence-corrected chi connectivity index (χ4v) is 4.51. The van der Waals surface area contributed by atoms with Crippen LogP contribution in [0.2, 0.25) is 0 Å². The molecule has 0 atom stereocenters. The van der Waals surface area contributed by atoms with E-state index in [0.717, 1.165) is 22.3 Å². The standard InChI is InChI=1S/C21H23N3S/c1-4-10-17(11-5-1)16-25-21-23-22-20(18-12-6-2-7-13-18)24(21)19-14-8-3-9-15-19/h1-2,4-7,10-13,19H,3,8-9,14-16H2. The van der Waals surface area contributed by atoms with Crippen LogP contribution in [-0.4, -0.2) is 14.8 Å². The third-order valence-corrected chi connectivity index (χ3v) is 5.86. The molecule has 2 aromatic carbocycles. The Bertz CT molecular complexity index is 793. The first-order valence-corrected chi connectivity index (χ1v) is 10.1. The molecule has 4 heteroatoms. The van der Waals surface area contributed by atoms with Crippen molar-refractivity contribution in [1.29, 1.82) is 0 Å². The molecule has 1 aliphatic carbocycles. The van der Waals surface area contributed by atoms with Crippen LogP contribution in [0, 0.1) is 0 Å². The Morgan fingerprint density at radius 1 is 0.840 bits per heavy atom. The van der Waals surface area contributed by atoms with Gasteiger partial charge in [0, 0.05) is 17.4 Å². The van der Waals surface area contributed by atoms with Crippen LogP contribution in [0.4, 0.5) is 0 Å². The number of rotatable bonds is 5. The Kier molecular flexibility index (Phi) is 5.17. The highest BCUT2D eigenvalue weighted by molar-refractivity contribution is 7.98. The fraction of sp³-hybridized carbons (Fsp3) is 0.333. The zero-order chi connectivity index (χ0) is 16.9. The van der Waals surface area contributed by atoms with E-state index in [1.165, 1.54) is 37.7 Å². The van der Waals surface area contributed by atoms with Crippen molar-refractivity contribution in [3.63, 3.8) is 0 Å². The second-order valence-corrected chi connectivity index (χ2v) is 7.55. The highest BCUT2D eigenvalue weighted by atomic mass is 32.2. The molecule has 1 aliphatic rings. The van der Waals surface area contributed by atoms with Gasteiger partial charge in [0.15, 0.2) is 11.0 Å². The van der Waals surface area contributed by atoms with E-state index in [9.17, 15) is 0 Å². The first kappa shape index (κ1) is 16.4. The van der Waals surface area contributed by atoms with E-state index < -0.39 is 0 Å². The summed E-state index contributed by atoms with van der Waals surface area (Å²) in [5.41, 5.74) is 2.49. The molecule has 0 radical (unpaired) electrons. The first-order chi connectivity index (χ1) is 12.4. The zero-order valence-electron chi connectivity index (χ0n) is 14.3. The lowest BCUT2D eigenvalue weighted by Gasteiger charge is -2.25. The quantitative estimate of drug-likeness (QED) is 0.550. The van der Waals surface area contributed by atoms with Gasteiger partial charge in [0.1, 0.15) is 0 Å². The SMILES string of the molecule is c1ccc(CSc2nnc(-c3ccccc3)n2C2CCCCC2)cc1. The summed E-state index contributed by atoms with van der Waals surface area (Å²) in [5.74, 6) is 1.95. The monoisotopic (exact) mass is 349 g/mol. The van der Waals surface area contributed by atoms with Gasteiger partial charge in [0.05, 0.1) is 0 Å². The Hall–Kier alpha value is -2.07. The van der Waals surface area contributed by atoms with Crippen molar-refractivity contribution in [2.24, 2.45) is 0 Å². The number of hydrogen-bond acceptors (Lipinski definition) is 3. The molecular weight excluding hydrogens is 326 g/mol. The topological polar surface area (TPSA) is 30.7 Å². The molecule has 1 heterocycles. The Morgan fingerprint density at radius 3 is 2.24 bits per heavy atom. The van der Waals surface area contributed by atoms with Gasteiger partial charge in [-0.1, -0.05) is 91.7 Å². The summed E-state index contributed by atoms with van der Waals surface area (Å²) in [6.45, 7) is 0. The van der Waals surface area contributed by atoms with Crippen molar-refractivity contribution in [2.75, 3.05) is 0 Å². The van der Waals surface area contributed by atoms with E-state index in [1.807, 2.05) is 0 Å². The lowest BCUT2D eigenvalue weighted by Crippen LogP contribution is -2.15. The van der Waals surface area contributed by atoms with Crippen molar-refractivity contribution in [2.45, 2.75) is 49.1 Å². The molecule has 1 aromatic heterocycles. The normalized spacial score (nSPS) is 15.4. The predicted octanol–water partition coefficient (Wildman–Crippen LogP) is 5.74. The number of thioether (sulfide) groups is 1. The van der Waals surface area contributed by atoms with E-state index in [0.29, 0.717) is 6.04 Å². The third kappa shape index (κ3) is 3.79. The van der Waals surface area contributed by atoms with Gasteiger partial charge in [-0.3, -0.25) is 4.57 Å². The van der Waals surface area contributed by atoms with Gasteiger partial charge in [0.25, 0.3) is 0 Å². The van der Waals surface area contributed by atoms with Gasteiger partial charge in [-0.2, -0.15) is 0 Å². The lowest BCUT2D eigenvalue weighted by atomic mass is 9.95. The van der Waals surface area contributed by atoms with Crippen molar-refractivity contribution < 1.29 is 0 Å². The van der Waals surface area contributed by atoms with E-state index >= 15 is 0 Å². The second kappa shape index (κ2) is 7.87. The van der Waals surface area contributed by atoms with Crippen molar-refractivity contribution in [3.8, 4) is 11.4 Å². The van der Waals surface area contributed by atoms with Gasteiger partial charge >= 0.3 is 0 Å². The van der Waals surface area contributed by atoms with Gasteiger partial charge in [-0.15, -0.1) is 10.2 Å². The minimum Gasteiger partial charge on any atom is -0.299 e. The van der Waals surface area contributed by atoms with E-state index in [2.05, 4.69) is 75.4 Å². The number of aromatic nitrogens is 3. The summed E-state index contributed by atoms with van der Waals surface area (Å²) in [6.07, 6.45) is 6.43. The highest BCUT2D eigenvalue weighted by Crippen LogP contribution is 2.36. The number of benzene rings is 2. The van der Waals surface area contributed by atoms with E-state index in [-0.39, 0.29) is 0 Å². The van der Waals surface area contributed by atoms with Gasteiger partial charge in [0.2, 0.25) is 0 Å². The van der Waals surface area contributed by atoms with Crippen molar-refractivity contribution in [1.82, 2.24) is 14.8 Å². The first-order valence-electron chi connectivity index (χ1n) is 9.09. The Balaban J connectivity index is 1.65. The maximum atomic E-state index is 4.57. The van der Waals surface area contributed by atoms with E-state index in [1.54, 1.807) is 11.8 Å². The molecule has 0 aliphatic heterocycles. The van der Waals surface area contributed by atoms with Crippen molar-refractivity contribution in [3.05, 3.63) is 66.2 Å². The molecule has 0 amide bonds. The average molecular weight is 350 g/mol. The molecule has 128 valence electrons. The molecule has 1 fully saturated rings. The number of hydrogen-bond donors (Lipinski definition) is 0. The molecule has 4 rings (SSSR count). The maximum absolute atomic E-state index is 4.57. The van der Waals surface area contributed by atoms with Crippen LogP contribution in [0.3, 0.4) is 0 Å². The van der Waals surface area contributed by atoms with Gasteiger partial charge < -0.3 is 0 Å². The highest BCUT2D eigenvalue weighted by Gasteiger charge is 2.23. The summed E-state index contributed by atoms with van der Waals surface area (Å²) in [6, 6.07) is 21.6. The lowest BCUT2D eigenvalue weighted by molar-refractivity contribution is 0.339. The van der Waals surface area contributed by atoms with E-state index in [4.69, 9.17) is 0 Å². The Labute approximate surface area is 153 Å². The molecule has 1 saturated carbocycles. The predicted molar refractivity (Wildman–Crippen MR) is 104 cm³/mol. The molecular formula is C21H23N3S. The number of nitrogens with zero attached hydrogens (tertiary/aromatic N) is 3. The molecule has 0 bridgehead atoms. The zero-order valence-corrected chi connectivity index (χ0v) is 15.2. The fourth-order valence-electron chi connectivity index (χ4n) is 3.55. The van der Waals surface area contributed by atoms with Gasteiger partial charge in [-0.05, 0) is 18.4 Å². The Morgan fingerprint density at radius 2 is 1.52 bits per heavy atom. The smallest absolute Gasteiger partial charge is 0.192 e. The van der Waals surface area contributed by atoms with Crippen LogP contribution in [0.1, 0.15) is 43.7 Å². The molecule has 0 N–H and O–H groups in total. The van der Waals surface area contributed by atoms with Crippen molar-refractivity contribution >= 4 is 11.8 Å². The molecule has 0 spiro atoms. The van der Waals surface area contributed by atoms with Crippen LogP contribution in [0.5, 0.6) is 0 Å². The van der Waals surface area contributed by atoms with Crippen LogP contribution < -0.4 is 0 Å². The molecule has 25 heavy (non-hydrogen) atoms. The maximum Gasteiger partial charge on any atom is 0.192 e. The summed E-state index contributed by atoms with van der Waals surface area (Å²) in [5, 5.41) is 10.2. The molecule has 0 saturated heterocycles. The summed E-state index contributed by atoms with van der Waals surface area (Å²) in [7, 11) is 0. The minimum absolute atomic E-state index is 0.525.